The summed E-state index contributed by atoms with van der Waals surface area (Å²) in [5, 5.41) is 2.99. The van der Waals surface area contributed by atoms with Crippen molar-refractivity contribution in [1.82, 2.24) is 15.1 Å². The molecule has 120 valence electrons. The first-order valence-electron chi connectivity index (χ1n) is 8.18. The number of hydrogen-bond acceptors (Lipinski definition) is 4. The maximum absolute atomic E-state index is 11.7. The van der Waals surface area contributed by atoms with Crippen LogP contribution >= 0.6 is 0 Å². The van der Waals surface area contributed by atoms with E-state index in [9.17, 15) is 9.59 Å². The van der Waals surface area contributed by atoms with Gasteiger partial charge in [-0.1, -0.05) is 0 Å². The molecule has 6 nitrogen and oxygen atoms in total. The van der Waals surface area contributed by atoms with E-state index < -0.39 is 0 Å². The minimum Gasteiger partial charge on any atom is -0.453 e. The van der Waals surface area contributed by atoms with Gasteiger partial charge in [0.15, 0.2) is 0 Å². The molecule has 1 spiro atoms. The third kappa shape index (κ3) is 2.08. The summed E-state index contributed by atoms with van der Waals surface area (Å²) in [6.45, 7) is 3.69. The van der Waals surface area contributed by atoms with E-state index in [0.717, 1.165) is 45.4 Å². The number of hydrogen-bond donors (Lipinski definition) is 1. The number of rotatable bonds is 1. The van der Waals surface area contributed by atoms with Crippen LogP contribution in [0.3, 0.4) is 0 Å². The van der Waals surface area contributed by atoms with Gasteiger partial charge in [-0.25, -0.2) is 4.79 Å². The number of methoxy groups -OCH3 is 1. The molecule has 4 aliphatic rings. The molecular weight excluding hydrogens is 282 g/mol. The molecule has 3 heterocycles. The highest BCUT2D eigenvalue weighted by Gasteiger charge is 2.46. The van der Waals surface area contributed by atoms with Gasteiger partial charge in [0.05, 0.1) is 13.2 Å². The number of nitrogens with one attached hydrogen (secondary N) is 1. The Balaban J connectivity index is 1.40. The molecule has 2 amide bonds. The Kier molecular flexibility index (Phi) is 3.09. The molecule has 6 heteroatoms. The lowest BCUT2D eigenvalue weighted by Gasteiger charge is -2.42. The highest BCUT2D eigenvalue weighted by atomic mass is 16.5. The fourth-order valence-electron chi connectivity index (χ4n) is 4.61. The maximum Gasteiger partial charge on any atom is 0.409 e. The first-order chi connectivity index (χ1) is 10.6. The molecule has 22 heavy (non-hydrogen) atoms. The lowest BCUT2D eigenvalue weighted by molar-refractivity contribution is -0.119. The average molecular weight is 305 g/mol. The van der Waals surface area contributed by atoms with Crippen molar-refractivity contribution < 1.29 is 14.3 Å². The van der Waals surface area contributed by atoms with E-state index >= 15 is 0 Å². The largest absolute Gasteiger partial charge is 0.453 e. The van der Waals surface area contributed by atoms with Crippen molar-refractivity contribution in [3.63, 3.8) is 0 Å². The number of piperidine rings is 1. The van der Waals surface area contributed by atoms with Gasteiger partial charge in [0.2, 0.25) is 5.91 Å². The Labute approximate surface area is 130 Å². The Morgan fingerprint density at radius 2 is 2.18 bits per heavy atom. The van der Waals surface area contributed by atoms with Gasteiger partial charge in [-0.15, -0.1) is 0 Å². The van der Waals surface area contributed by atoms with E-state index in [2.05, 4.69) is 16.3 Å². The van der Waals surface area contributed by atoms with Crippen molar-refractivity contribution in [2.24, 2.45) is 11.3 Å². The second kappa shape index (κ2) is 4.89. The first kappa shape index (κ1) is 13.9. The van der Waals surface area contributed by atoms with Crippen LogP contribution < -0.4 is 5.32 Å². The average Bonchev–Trinajstić information content (AvgIpc) is 3.22. The Hall–Kier alpha value is -1.72. The first-order valence-corrected chi connectivity index (χ1v) is 8.18. The summed E-state index contributed by atoms with van der Waals surface area (Å²) in [5.74, 6) is 0.669. The van der Waals surface area contributed by atoms with Crippen LogP contribution in [0.5, 0.6) is 0 Å². The Bertz CT molecular complexity index is 537. The van der Waals surface area contributed by atoms with E-state index in [1.807, 2.05) is 4.90 Å². The van der Waals surface area contributed by atoms with Crippen molar-refractivity contribution in [1.29, 1.82) is 0 Å². The van der Waals surface area contributed by atoms with E-state index in [1.165, 1.54) is 12.8 Å². The van der Waals surface area contributed by atoms with E-state index in [4.69, 9.17) is 4.74 Å². The molecular formula is C16H23N3O3. The van der Waals surface area contributed by atoms with Crippen molar-refractivity contribution >= 4 is 12.0 Å². The van der Waals surface area contributed by atoms with Crippen LogP contribution in [0.15, 0.2) is 11.8 Å². The van der Waals surface area contributed by atoms with Gasteiger partial charge >= 0.3 is 6.09 Å². The SMILES string of the molecule is COC(=O)N1CC2CC1C=C2N1CCC2(CC1)CNC(=O)C2. The smallest absolute Gasteiger partial charge is 0.409 e. The van der Waals surface area contributed by atoms with Crippen molar-refractivity contribution in [2.75, 3.05) is 33.3 Å². The normalized spacial score (nSPS) is 32.4. The van der Waals surface area contributed by atoms with Crippen molar-refractivity contribution in [2.45, 2.75) is 31.7 Å². The van der Waals surface area contributed by atoms with Crippen LogP contribution in [0.1, 0.15) is 25.7 Å². The molecule has 1 N–H and O–H groups in total. The standard InChI is InChI=1S/C16H23N3O3/c1-22-15(21)19-9-11-6-12(19)7-13(11)18-4-2-16(3-5-18)8-14(20)17-10-16/h7,11-12H,2-6,8-10H2,1H3,(H,17,20). The zero-order valence-corrected chi connectivity index (χ0v) is 13.0. The zero-order valence-electron chi connectivity index (χ0n) is 13.0. The molecule has 0 aromatic carbocycles. The molecule has 2 unspecified atom stereocenters. The number of fused-ring (bicyclic) bond motifs is 2. The second-order valence-corrected chi connectivity index (χ2v) is 7.15. The van der Waals surface area contributed by atoms with Gasteiger partial charge in [-0.05, 0) is 30.8 Å². The quantitative estimate of drug-likeness (QED) is 0.783. The van der Waals surface area contributed by atoms with Gasteiger partial charge < -0.3 is 19.9 Å². The molecule has 3 saturated heterocycles. The molecule has 4 rings (SSSR count). The molecule has 0 radical (unpaired) electrons. The molecule has 3 fully saturated rings. The number of amides is 2. The fourth-order valence-corrected chi connectivity index (χ4v) is 4.61. The van der Waals surface area contributed by atoms with Crippen LogP contribution in [-0.4, -0.2) is 61.1 Å². The van der Waals surface area contributed by atoms with Crippen molar-refractivity contribution in [3.05, 3.63) is 11.8 Å². The van der Waals surface area contributed by atoms with Gasteiger partial charge in [0, 0.05) is 44.2 Å². The summed E-state index contributed by atoms with van der Waals surface area (Å²) in [6.07, 6.45) is 5.94. The van der Waals surface area contributed by atoms with Crippen LogP contribution in [0.2, 0.25) is 0 Å². The molecule has 0 saturated carbocycles. The van der Waals surface area contributed by atoms with Gasteiger partial charge in [0.25, 0.3) is 0 Å². The van der Waals surface area contributed by atoms with E-state index in [1.54, 1.807) is 0 Å². The Morgan fingerprint density at radius 1 is 1.41 bits per heavy atom. The number of nitrogens with zero attached hydrogens (tertiary/aromatic N) is 2. The van der Waals surface area contributed by atoms with Crippen LogP contribution in [0, 0.1) is 11.3 Å². The van der Waals surface area contributed by atoms with Crippen LogP contribution in [-0.2, 0) is 9.53 Å². The van der Waals surface area contributed by atoms with Gasteiger partial charge in [-0.3, -0.25) is 4.79 Å². The summed E-state index contributed by atoms with van der Waals surface area (Å²) in [4.78, 5) is 27.5. The molecule has 1 aliphatic carbocycles. The minimum absolute atomic E-state index is 0.198. The number of ether oxygens (including phenoxy) is 1. The summed E-state index contributed by atoms with van der Waals surface area (Å²) < 4.78 is 4.85. The summed E-state index contributed by atoms with van der Waals surface area (Å²) in [7, 11) is 1.44. The maximum atomic E-state index is 11.7. The highest BCUT2D eigenvalue weighted by Crippen LogP contribution is 2.43. The molecule has 2 atom stereocenters. The van der Waals surface area contributed by atoms with Gasteiger partial charge in [0.1, 0.15) is 0 Å². The lowest BCUT2D eigenvalue weighted by Crippen LogP contribution is -2.44. The molecule has 0 aromatic heterocycles. The third-order valence-corrected chi connectivity index (χ3v) is 5.92. The van der Waals surface area contributed by atoms with Crippen LogP contribution in [0.4, 0.5) is 4.79 Å². The molecule has 3 aliphatic heterocycles. The summed E-state index contributed by atoms with van der Waals surface area (Å²) in [5.41, 5.74) is 1.61. The topological polar surface area (TPSA) is 61.9 Å². The molecule has 0 aromatic rings. The van der Waals surface area contributed by atoms with Crippen LogP contribution in [0.25, 0.3) is 0 Å². The van der Waals surface area contributed by atoms with Gasteiger partial charge in [-0.2, -0.15) is 0 Å². The Morgan fingerprint density at radius 3 is 2.73 bits per heavy atom. The number of likely N-dealkylation sites (tertiary alicyclic amines) is 2. The zero-order chi connectivity index (χ0) is 15.3. The second-order valence-electron chi connectivity index (χ2n) is 7.15. The van der Waals surface area contributed by atoms with Crippen molar-refractivity contribution in [3.8, 4) is 0 Å². The number of carbonyl (C=O) groups is 2. The number of carbonyl (C=O) groups excluding carboxylic acids is 2. The minimum atomic E-state index is -0.212. The predicted octanol–water partition coefficient (Wildman–Crippen LogP) is 0.943. The summed E-state index contributed by atoms with van der Waals surface area (Å²) in [6, 6.07) is 0.207. The third-order valence-electron chi connectivity index (χ3n) is 5.92. The van der Waals surface area contributed by atoms with E-state index in [-0.39, 0.29) is 23.5 Å². The highest BCUT2D eigenvalue weighted by molar-refractivity contribution is 5.79. The monoisotopic (exact) mass is 305 g/mol. The predicted molar refractivity (Wildman–Crippen MR) is 80.0 cm³/mol. The molecule has 2 bridgehead atoms. The summed E-state index contributed by atoms with van der Waals surface area (Å²) >= 11 is 0. The lowest BCUT2D eigenvalue weighted by atomic mass is 9.77. The fraction of sp³-hybridized carbons (Fsp3) is 0.750. The van der Waals surface area contributed by atoms with E-state index in [0.29, 0.717) is 12.3 Å².